The summed E-state index contributed by atoms with van der Waals surface area (Å²) in [6.45, 7) is 2.30. The van der Waals surface area contributed by atoms with E-state index in [1.165, 1.54) is 128 Å². The average molecular weight is 387 g/mol. The second kappa shape index (κ2) is 23.2. The molecule has 0 heterocycles. The third-order valence-corrected chi connectivity index (χ3v) is 7.50. The van der Waals surface area contributed by atoms with E-state index in [2.05, 4.69) is 6.92 Å². The molecule has 0 aliphatic heterocycles. The molecule has 0 N–H and O–H groups in total. The Labute approximate surface area is 167 Å². The van der Waals surface area contributed by atoms with Crippen LogP contribution >= 0.6 is 0 Å². The standard InChI is InChI=1S/C23H50O2Si/c1-4-5-6-7-8-9-10-11-12-13-14-15-16-17-18-19-20-21-22-23-26(24-2)25-3/h26H,4-23H2,1-3H3. The van der Waals surface area contributed by atoms with Crippen LogP contribution in [0.1, 0.15) is 129 Å². The lowest BCUT2D eigenvalue weighted by molar-refractivity contribution is 0.276. The van der Waals surface area contributed by atoms with Crippen molar-refractivity contribution in [3.8, 4) is 0 Å². The molecule has 0 aromatic rings. The summed E-state index contributed by atoms with van der Waals surface area (Å²) in [5.41, 5.74) is 0. The van der Waals surface area contributed by atoms with Gasteiger partial charge in [-0.1, -0.05) is 129 Å². The van der Waals surface area contributed by atoms with Crippen LogP contribution in [0.5, 0.6) is 0 Å². The van der Waals surface area contributed by atoms with Crippen molar-refractivity contribution in [2.75, 3.05) is 14.2 Å². The number of unbranched alkanes of at least 4 members (excludes halogenated alkanes) is 18. The zero-order valence-electron chi connectivity index (χ0n) is 18.5. The highest BCUT2D eigenvalue weighted by molar-refractivity contribution is 6.44. The highest BCUT2D eigenvalue weighted by Gasteiger charge is 2.07. The van der Waals surface area contributed by atoms with Gasteiger partial charge >= 0.3 is 9.28 Å². The van der Waals surface area contributed by atoms with E-state index in [-0.39, 0.29) is 0 Å². The molecule has 0 fully saturated rings. The Balaban J connectivity index is 3.03. The molecule has 0 amide bonds. The molecular weight excluding hydrogens is 336 g/mol. The summed E-state index contributed by atoms with van der Waals surface area (Å²) in [7, 11) is 2.29. The van der Waals surface area contributed by atoms with Crippen LogP contribution in [-0.4, -0.2) is 23.5 Å². The fourth-order valence-electron chi connectivity index (χ4n) is 3.72. The molecule has 0 spiro atoms. The summed E-state index contributed by atoms with van der Waals surface area (Å²) in [5.74, 6) is 0. The van der Waals surface area contributed by atoms with Crippen LogP contribution in [0.2, 0.25) is 6.04 Å². The van der Waals surface area contributed by atoms with Crippen molar-refractivity contribution >= 4 is 9.28 Å². The van der Waals surface area contributed by atoms with E-state index in [0.29, 0.717) is 0 Å². The van der Waals surface area contributed by atoms with Crippen LogP contribution in [0.3, 0.4) is 0 Å². The molecule has 0 aliphatic rings. The minimum atomic E-state index is -1.29. The number of hydrogen-bond donors (Lipinski definition) is 0. The van der Waals surface area contributed by atoms with Gasteiger partial charge in [-0.15, -0.1) is 0 Å². The topological polar surface area (TPSA) is 18.5 Å². The monoisotopic (exact) mass is 386 g/mol. The van der Waals surface area contributed by atoms with Gasteiger partial charge in [0.1, 0.15) is 0 Å². The smallest absolute Gasteiger partial charge is 0.320 e. The normalized spacial score (nSPS) is 11.5. The van der Waals surface area contributed by atoms with Gasteiger partial charge in [0, 0.05) is 14.2 Å². The van der Waals surface area contributed by atoms with Gasteiger partial charge < -0.3 is 8.85 Å². The van der Waals surface area contributed by atoms with Crippen LogP contribution < -0.4 is 0 Å². The molecule has 0 atom stereocenters. The zero-order valence-corrected chi connectivity index (χ0v) is 19.7. The van der Waals surface area contributed by atoms with Crippen molar-refractivity contribution in [1.82, 2.24) is 0 Å². The van der Waals surface area contributed by atoms with Gasteiger partial charge in [0.2, 0.25) is 0 Å². The SMILES string of the molecule is CCCCCCCCCCCCCCCCCCCCC[SiH](OC)OC. The van der Waals surface area contributed by atoms with E-state index in [1.54, 1.807) is 14.2 Å². The van der Waals surface area contributed by atoms with E-state index in [9.17, 15) is 0 Å². The second-order valence-electron chi connectivity index (χ2n) is 8.05. The van der Waals surface area contributed by atoms with E-state index >= 15 is 0 Å². The molecule has 0 bridgehead atoms. The Hall–Kier alpha value is 0.137. The highest BCUT2D eigenvalue weighted by Crippen LogP contribution is 2.15. The molecule has 0 unspecified atom stereocenters. The molecule has 26 heavy (non-hydrogen) atoms. The van der Waals surface area contributed by atoms with Crippen molar-refractivity contribution in [1.29, 1.82) is 0 Å². The number of hydrogen-bond acceptors (Lipinski definition) is 2. The minimum Gasteiger partial charge on any atom is -0.400 e. The van der Waals surface area contributed by atoms with Crippen LogP contribution in [0.25, 0.3) is 0 Å². The van der Waals surface area contributed by atoms with Gasteiger partial charge in [0.15, 0.2) is 0 Å². The molecule has 0 aliphatic carbocycles. The molecule has 0 aromatic heterocycles. The second-order valence-corrected chi connectivity index (χ2v) is 10.4. The quantitative estimate of drug-likeness (QED) is 0.139. The summed E-state index contributed by atoms with van der Waals surface area (Å²) >= 11 is 0. The van der Waals surface area contributed by atoms with Crippen LogP contribution in [0, 0.1) is 0 Å². The van der Waals surface area contributed by atoms with Crippen LogP contribution in [0.4, 0.5) is 0 Å². The molecule has 3 heteroatoms. The summed E-state index contributed by atoms with van der Waals surface area (Å²) in [5, 5.41) is 0. The molecule has 0 rings (SSSR count). The Bertz CT molecular complexity index is 244. The first kappa shape index (κ1) is 26.1. The van der Waals surface area contributed by atoms with Gasteiger partial charge in [-0.25, -0.2) is 0 Å². The maximum atomic E-state index is 5.35. The predicted molar refractivity (Wildman–Crippen MR) is 119 cm³/mol. The average Bonchev–Trinajstić information content (AvgIpc) is 2.66. The Morgan fingerprint density at radius 3 is 0.962 bits per heavy atom. The van der Waals surface area contributed by atoms with Crippen molar-refractivity contribution in [3.05, 3.63) is 0 Å². The maximum absolute atomic E-state index is 5.35. The molecule has 0 aromatic carbocycles. The summed E-state index contributed by atoms with van der Waals surface area (Å²) in [6, 6.07) is 1.17. The van der Waals surface area contributed by atoms with E-state index < -0.39 is 9.28 Å². The Morgan fingerprint density at radius 1 is 0.423 bits per heavy atom. The lowest BCUT2D eigenvalue weighted by atomic mass is 10.0. The van der Waals surface area contributed by atoms with Crippen LogP contribution in [0.15, 0.2) is 0 Å². The Morgan fingerprint density at radius 2 is 0.692 bits per heavy atom. The third kappa shape index (κ3) is 20.4. The van der Waals surface area contributed by atoms with Gasteiger partial charge in [0.25, 0.3) is 0 Å². The zero-order chi connectivity index (χ0) is 19.1. The van der Waals surface area contributed by atoms with Crippen molar-refractivity contribution < 1.29 is 8.85 Å². The lowest BCUT2D eigenvalue weighted by Gasteiger charge is -2.10. The van der Waals surface area contributed by atoms with Crippen molar-refractivity contribution in [2.45, 2.75) is 135 Å². The molecule has 0 radical (unpaired) electrons. The maximum Gasteiger partial charge on any atom is 0.320 e. The summed E-state index contributed by atoms with van der Waals surface area (Å²) in [4.78, 5) is 0. The summed E-state index contributed by atoms with van der Waals surface area (Å²) in [6.07, 6.45) is 27.3. The minimum absolute atomic E-state index is 1.17. The fraction of sp³-hybridized carbons (Fsp3) is 1.00. The lowest BCUT2D eigenvalue weighted by Crippen LogP contribution is -2.18. The Kier molecular flexibility index (Phi) is 23.3. The molecule has 0 saturated carbocycles. The number of rotatable bonds is 22. The molecular formula is C23H50O2Si. The van der Waals surface area contributed by atoms with E-state index in [0.717, 1.165) is 0 Å². The van der Waals surface area contributed by atoms with Crippen molar-refractivity contribution in [3.63, 3.8) is 0 Å². The first-order valence-corrected chi connectivity index (χ1v) is 13.7. The van der Waals surface area contributed by atoms with Gasteiger partial charge in [-0.3, -0.25) is 0 Å². The van der Waals surface area contributed by atoms with E-state index in [1.807, 2.05) is 0 Å². The van der Waals surface area contributed by atoms with E-state index in [4.69, 9.17) is 8.85 Å². The van der Waals surface area contributed by atoms with Gasteiger partial charge in [0.05, 0.1) is 0 Å². The van der Waals surface area contributed by atoms with Crippen LogP contribution in [-0.2, 0) is 8.85 Å². The molecule has 0 saturated heterocycles. The summed E-state index contributed by atoms with van der Waals surface area (Å²) < 4.78 is 10.7. The largest absolute Gasteiger partial charge is 0.400 e. The van der Waals surface area contributed by atoms with Gasteiger partial charge in [-0.05, 0) is 6.04 Å². The fourth-order valence-corrected chi connectivity index (χ4v) is 5.01. The molecule has 2 nitrogen and oxygen atoms in total. The molecule has 158 valence electrons. The third-order valence-electron chi connectivity index (χ3n) is 5.57. The first-order valence-electron chi connectivity index (χ1n) is 11.9. The predicted octanol–water partition coefficient (Wildman–Crippen LogP) is 7.93. The van der Waals surface area contributed by atoms with Crippen molar-refractivity contribution in [2.24, 2.45) is 0 Å². The first-order chi connectivity index (χ1) is 12.8. The van der Waals surface area contributed by atoms with Gasteiger partial charge in [-0.2, -0.15) is 0 Å². The highest BCUT2D eigenvalue weighted by atomic mass is 28.3.